The molecular formula is C19H20BrN3O2. The number of methoxy groups -OCH3 is 1. The highest BCUT2D eigenvalue weighted by molar-refractivity contribution is 9.10. The summed E-state index contributed by atoms with van der Waals surface area (Å²) in [6.45, 7) is 1.18. The second-order valence-corrected chi connectivity index (χ2v) is 6.75. The van der Waals surface area contributed by atoms with E-state index in [0.717, 1.165) is 35.1 Å². The fraction of sp³-hybridized carbons (Fsp3) is 0.263. The summed E-state index contributed by atoms with van der Waals surface area (Å²) in [7, 11) is 1.60. The minimum Gasteiger partial charge on any atom is -0.496 e. The summed E-state index contributed by atoms with van der Waals surface area (Å²) < 4.78 is 6.21. The van der Waals surface area contributed by atoms with Gasteiger partial charge in [-0.2, -0.15) is 5.10 Å². The van der Waals surface area contributed by atoms with Gasteiger partial charge in [-0.25, -0.2) is 5.43 Å². The van der Waals surface area contributed by atoms with E-state index in [1.54, 1.807) is 13.3 Å². The number of rotatable bonds is 5. The summed E-state index contributed by atoms with van der Waals surface area (Å²) in [4.78, 5) is 14.3. The number of ether oxygens (including phenoxy) is 1. The van der Waals surface area contributed by atoms with Gasteiger partial charge in [-0.15, -0.1) is 0 Å². The van der Waals surface area contributed by atoms with E-state index in [2.05, 4.69) is 43.5 Å². The van der Waals surface area contributed by atoms with Gasteiger partial charge in [-0.05, 0) is 42.7 Å². The second kappa shape index (κ2) is 8.16. The molecule has 1 aliphatic rings. The number of amides is 1. The Kier molecular flexibility index (Phi) is 5.71. The molecule has 1 amide bonds. The molecule has 1 heterocycles. The van der Waals surface area contributed by atoms with E-state index in [4.69, 9.17) is 4.74 Å². The Balaban J connectivity index is 1.62. The van der Waals surface area contributed by atoms with E-state index >= 15 is 0 Å². The molecule has 0 aromatic heterocycles. The first-order valence-corrected chi connectivity index (χ1v) is 8.95. The lowest BCUT2D eigenvalue weighted by molar-refractivity contribution is -0.119. The van der Waals surface area contributed by atoms with E-state index in [1.165, 1.54) is 5.56 Å². The first kappa shape index (κ1) is 17.5. The average molecular weight is 402 g/mol. The SMILES string of the molecule is COc1ccc(Br)cc1/C=N\NC(=O)CN1CCCc2ccccc21. The van der Waals surface area contributed by atoms with Crippen molar-refractivity contribution in [3.63, 3.8) is 0 Å². The Morgan fingerprint density at radius 2 is 2.20 bits per heavy atom. The maximum absolute atomic E-state index is 12.2. The first-order valence-electron chi connectivity index (χ1n) is 8.15. The van der Waals surface area contributed by atoms with E-state index < -0.39 is 0 Å². The third-order valence-electron chi connectivity index (χ3n) is 4.13. The number of halogens is 1. The Labute approximate surface area is 155 Å². The summed E-state index contributed by atoms with van der Waals surface area (Å²) in [6, 6.07) is 13.9. The van der Waals surface area contributed by atoms with Crippen molar-refractivity contribution in [2.75, 3.05) is 25.1 Å². The number of benzene rings is 2. The van der Waals surface area contributed by atoms with Crippen LogP contribution in [0.3, 0.4) is 0 Å². The summed E-state index contributed by atoms with van der Waals surface area (Å²) >= 11 is 3.42. The van der Waals surface area contributed by atoms with Gasteiger partial charge in [0.1, 0.15) is 5.75 Å². The summed E-state index contributed by atoms with van der Waals surface area (Å²) in [5.74, 6) is 0.563. The highest BCUT2D eigenvalue weighted by Gasteiger charge is 2.18. The zero-order chi connectivity index (χ0) is 17.6. The number of anilines is 1. The molecule has 3 rings (SSSR count). The van der Waals surface area contributed by atoms with Crippen LogP contribution in [0.15, 0.2) is 52.0 Å². The molecule has 25 heavy (non-hydrogen) atoms. The lowest BCUT2D eigenvalue weighted by Crippen LogP contribution is -2.38. The van der Waals surface area contributed by atoms with Crippen molar-refractivity contribution in [1.29, 1.82) is 0 Å². The van der Waals surface area contributed by atoms with Crippen LogP contribution in [-0.2, 0) is 11.2 Å². The molecule has 1 aliphatic heterocycles. The molecule has 2 aromatic rings. The van der Waals surface area contributed by atoms with Crippen molar-refractivity contribution in [3.05, 3.63) is 58.1 Å². The number of carbonyl (C=O) groups excluding carboxylic acids is 1. The lowest BCUT2D eigenvalue weighted by Gasteiger charge is -2.30. The van der Waals surface area contributed by atoms with Gasteiger partial charge in [-0.3, -0.25) is 4.79 Å². The fourth-order valence-corrected chi connectivity index (χ4v) is 3.34. The number of hydrogen-bond donors (Lipinski definition) is 1. The molecular weight excluding hydrogens is 382 g/mol. The van der Waals surface area contributed by atoms with Crippen LogP contribution >= 0.6 is 15.9 Å². The molecule has 0 radical (unpaired) electrons. The van der Waals surface area contributed by atoms with Crippen molar-refractivity contribution in [2.45, 2.75) is 12.8 Å². The number of nitrogens with zero attached hydrogens (tertiary/aromatic N) is 2. The Morgan fingerprint density at radius 1 is 1.36 bits per heavy atom. The highest BCUT2D eigenvalue weighted by Crippen LogP contribution is 2.26. The number of fused-ring (bicyclic) bond motifs is 1. The molecule has 0 aliphatic carbocycles. The van der Waals surface area contributed by atoms with Crippen LogP contribution in [0, 0.1) is 0 Å². The van der Waals surface area contributed by atoms with Crippen LogP contribution in [0.4, 0.5) is 5.69 Å². The normalized spacial score (nSPS) is 13.6. The topological polar surface area (TPSA) is 53.9 Å². The smallest absolute Gasteiger partial charge is 0.259 e. The summed E-state index contributed by atoms with van der Waals surface area (Å²) in [5, 5.41) is 4.06. The predicted molar refractivity (Wildman–Crippen MR) is 103 cm³/mol. The number of hydrogen-bond acceptors (Lipinski definition) is 4. The summed E-state index contributed by atoms with van der Waals surface area (Å²) in [6.07, 6.45) is 3.71. The largest absolute Gasteiger partial charge is 0.496 e. The van der Waals surface area contributed by atoms with Gasteiger partial charge in [0.25, 0.3) is 5.91 Å². The van der Waals surface area contributed by atoms with Crippen LogP contribution < -0.4 is 15.1 Å². The second-order valence-electron chi connectivity index (χ2n) is 5.83. The van der Waals surface area contributed by atoms with Gasteiger partial charge < -0.3 is 9.64 Å². The zero-order valence-electron chi connectivity index (χ0n) is 14.0. The van der Waals surface area contributed by atoms with Crippen molar-refractivity contribution >= 4 is 33.7 Å². The van der Waals surface area contributed by atoms with Crippen molar-refractivity contribution in [1.82, 2.24) is 5.43 Å². The molecule has 0 saturated heterocycles. The van der Waals surface area contributed by atoms with Crippen molar-refractivity contribution < 1.29 is 9.53 Å². The van der Waals surface area contributed by atoms with E-state index in [1.807, 2.05) is 30.3 Å². The van der Waals surface area contributed by atoms with Crippen LogP contribution in [0.2, 0.25) is 0 Å². The summed E-state index contributed by atoms with van der Waals surface area (Å²) in [5.41, 5.74) is 5.83. The number of aryl methyl sites for hydroxylation is 1. The van der Waals surface area contributed by atoms with E-state index in [9.17, 15) is 4.79 Å². The molecule has 1 N–H and O–H groups in total. The molecule has 5 nitrogen and oxygen atoms in total. The van der Waals surface area contributed by atoms with Gasteiger partial charge in [0, 0.05) is 22.3 Å². The Bertz CT molecular complexity index is 792. The average Bonchev–Trinajstić information content (AvgIpc) is 2.62. The molecule has 130 valence electrons. The van der Waals surface area contributed by atoms with Crippen LogP contribution in [-0.4, -0.2) is 32.3 Å². The maximum atomic E-state index is 12.2. The monoisotopic (exact) mass is 401 g/mol. The fourth-order valence-electron chi connectivity index (χ4n) is 2.96. The minimum absolute atomic E-state index is 0.137. The van der Waals surface area contributed by atoms with Crippen molar-refractivity contribution in [3.8, 4) is 5.75 Å². The molecule has 0 fully saturated rings. The highest BCUT2D eigenvalue weighted by atomic mass is 79.9. The molecule has 2 aromatic carbocycles. The number of para-hydroxylation sites is 1. The number of hydrazone groups is 1. The van der Waals surface area contributed by atoms with Crippen LogP contribution in [0.1, 0.15) is 17.5 Å². The minimum atomic E-state index is -0.137. The van der Waals surface area contributed by atoms with Gasteiger partial charge in [-0.1, -0.05) is 34.1 Å². The van der Waals surface area contributed by atoms with Gasteiger partial charge in [0.2, 0.25) is 0 Å². The third kappa shape index (κ3) is 4.39. The van der Waals surface area contributed by atoms with Crippen LogP contribution in [0.5, 0.6) is 5.75 Å². The Hall–Kier alpha value is -2.34. The lowest BCUT2D eigenvalue weighted by atomic mass is 10.0. The molecule has 0 unspecified atom stereocenters. The molecule has 0 atom stereocenters. The number of nitrogens with one attached hydrogen (secondary N) is 1. The standard InChI is InChI=1S/C19H20BrN3O2/c1-25-18-9-8-16(20)11-15(18)12-21-22-19(24)13-23-10-4-6-14-5-2-3-7-17(14)23/h2-3,5,7-9,11-12H,4,6,10,13H2,1H3,(H,22,24)/b21-12-. The molecule has 0 spiro atoms. The molecule has 6 heteroatoms. The predicted octanol–water partition coefficient (Wildman–Crippen LogP) is 3.36. The molecule has 0 saturated carbocycles. The zero-order valence-corrected chi connectivity index (χ0v) is 15.6. The van der Waals surface area contributed by atoms with Gasteiger partial charge in [0.15, 0.2) is 0 Å². The van der Waals surface area contributed by atoms with Gasteiger partial charge >= 0.3 is 0 Å². The first-order chi connectivity index (χ1) is 12.2. The third-order valence-corrected chi connectivity index (χ3v) is 4.62. The Morgan fingerprint density at radius 3 is 3.04 bits per heavy atom. The van der Waals surface area contributed by atoms with E-state index in [-0.39, 0.29) is 5.91 Å². The molecule has 0 bridgehead atoms. The maximum Gasteiger partial charge on any atom is 0.259 e. The van der Waals surface area contributed by atoms with Crippen molar-refractivity contribution in [2.24, 2.45) is 5.10 Å². The van der Waals surface area contributed by atoms with Gasteiger partial charge in [0.05, 0.1) is 19.9 Å². The number of carbonyl (C=O) groups is 1. The van der Waals surface area contributed by atoms with E-state index in [0.29, 0.717) is 12.3 Å². The quantitative estimate of drug-likeness (QED) is 0.617. The van der Waals surface area contributed by atoms with Crippen LogP contribution in [0.25, 0.3) is 0 Å².